The van der Waals surface area contributed by atoms with Crippen molar-refractivity contribution in [3.05, 3.63) is 65.7 Å². The Morgan fingerprint density at radius 3 is 2.19 bits per heavy atom. The minimum absolute atomic E-state index is 0.0202. The van der Waals surface area contributed by atoms with E-state index in [1.165, 1.54) is 6.92 Å². The fourth-order valence-electron chi connectivity index (χ4n) is 2.50. The van der Waals surface area contributed by atoms with Gasteiger partial charge in [0, 0.05) is 18.7 Å². The van der Waals surface area contributed by atoms with E-state index in [0.29, 0.717) is 24.6 Å². The Labute approximate surface area is 155 Å². The summed E-state index contributed by atoms with van der Waals surface area (Å²) in [6.45, 7) is 6.75. The number of carbonyl (C=O) groups is 1. The van der Waals surface area contributed by atoms with Gasteiger partial charge in [-0.25, -0.2) is 0 Å². The quantitative estimate of drug-likeness (QED) is 0.660. The molecule has 0 aliphatic rings. The Kier molecular flexibility index (Phi) is 6.80. The molecule has 0 heterocycles. The van der Waals surface area contributed by atoms with Gasteiger partial charge in [0.2, 0.25) is 0 Å². The highest BCUT2D eigenvalue weighted by molar-refractivity contribution is 7.87. The molecule has 2 rings (SSSR count). The molecule has 1 amide bonds. The van der Waals surface area contributed by atoms with Crippen LogP contribution in [0.4, 0.5) is 0 Å². The molecule has 0 radical (unpaired) electrons. The lowest BCUT2D eigenvalue weighted by atomic mass is 10.1. The van der Waals surface area contributed by atoms with Crippen molar-refractivity contribution in [2.75, 3.05) is 12.3 Å². The van der Waals surface area contributed by atoms with Crippen LogP contribution in [0.15, 0.2) is 54.6 Å². The van der Waals surface area contributed by atoms with E-state index in [9.17, 15) is 13.2 Å². The van der Waals surface area contributed by atoms with Gasteiger partial charge in [-0.3, -0.25) is 4.79 Å². The molecular weight excluding hydrogens is 350 g/mol. The molecule has 140 valence electrons. The maximum atomic E-state index is 12.8. The first kappa shape index (κ1) is 20.0. The van der Waals surface area contributed by atoms with Gasteiger partial charge >= 0.3 is 10.1 Å². The Morgan fingerprint density at radius 2 is 1.65 bits per heavy atom. The highest BCUT2D eigenvalue weighted by Crippen LogP contribution is 2.17. The minimum atomic E-state index is -3.54. The second-order valence-electron chi connectivity index (χ2n) is 6.52. The van der Waals surface area contributed by atoms with Gasteiger partial charge in [-0.1, -0.05) is 44.2 Å². The van der Waals surface area contributed by atoms with Crippen LogP contribution in [-0.4, -0.2) is 31.5 Å². The Balaban J connectivity index is 2.14. The predicted octanol–water partition coefficient (Wildman–Crippen LogP) is 3.71. The number of benzene rings is 2. The maximum absolute atomic E-state index is 12.8. The van der Waals surface area contributed by atoms with Gasteiger partial charge in [0.25, 0.3) is 5.91 Å². The third-order valence-electron chi connectivity index (χ3n) is 3.77. The molecule has 0 aliphatic carbocycles. The molecular formula is C20H25NO4S. The third-order valence-corrected chi connectivity index (χ3v) is 4.92. The maximum Gasteiger partial charge on any atom is 0.308 e. The van der Waals surface area contributed by atoms with E-state index in [2.05, 4.69) is 13.8 Å². The standard InChI is InChI=1S/C20H25NO4S/c1-4-26(23,24)25-19-12-10-17(11-13-19)15-21(14-16(2)3)20(22)18-8-6-5-7-9-18/h5-13,16H,4,14-15H2,1-3H3. The van der Waals surface area contributed by atoms with E-state index in [1.54, 1.807) is 29.2 Å². The molecule has 26 heavy (non-hydrogen) atoms. The molecule has 0 atom stereocenters. The van der Waals surface area contributed by atoms with Crippen LogP contribution >= 0.6 is 0 Å². The molecule has 2 aromatic carbocycles. The molecule has 2 aromatic rings. The van der Waals surface area contributed by atoms with Gasteiger partial charge in [-0.15, -0.1) is 0 Å². The van der Waals surface area contributed by atoms with Crippen LogP contribution in [-0.2, 0) is 16.7 Å². The van der Waals surface area contributed by atoms with Crippen LogP contribution in [0.5, 0.6) is 5.75 Å². The zero-order valence-electron chi connectivity index (χ0n) is 15.4. The number of rotatable bonds is 8. The van der Waals surface area contributed by atoms with E-state index in [1.807, 2.05) is 30.3 Å². The van der Waals surface area contributed by atoms with E-state index in [0.717, 1.165) is 5.56 Å². The number of hydrogen-bond acceptors (Lipinski definition) is 4. The van der Waals surface area contributed by atoms with Crippen molar-refractivity contribution in [2.45, 2.75) is 27.3 Å². The molecule has 0 spiro atoms. The first-order chi connectivity index (χ1) is 12.3. The first-order valence-corrected chi connectivity index (χ1v) is 10.2. The lowest BCUT2D eigenvalue weighted by molar-refractivity contribution is 0.0722. The largest absolute Gasteiger partial charge is 0.382 e. The Morgan fingerprint density at radius 1 is 1.04 bits per heavy atom. The molecule has 0 saturated carbocycles. The highest BCUT2D eigenvalue weighted by atomic mass is 32.2. The van der Waals surface area contributed by atoms with Crippen molar-refractivity contribution in [1.29, 1.82) is 0 Å². The van der Waals surface area contributed by atoms with Crippen LogP contribution in [0.3, 0.4) is 0 Å². The summed E-state index contributed by atoms with van der Waals surface area (Å²) in [4.78, 5) is 14.6. The first-order valence-electron chi connectivity index (χ1n) is 8.66. The molecule has 0 aliphatic heterocycles. The molecule has 0 bridgehead atoms. The van der Waals surface area contributed by atoms with Crippen LogP contribution < -0.4 is 4.18 Å². The van der Waals surface area contributed by atoms with Crippen LogP contribution in [0.1, 0.15) is 36.7 Å². The van der Waals surface area contributed by atoms with Gasteiger partial charge in [0.05, 0.1) is 5.75 Å². The van der Waals surface area contributed by atoms with Gasteiger partial charge < -0.3 is 9.08 Å². The number of carbonyl (C=O) groups excluding carboxylic acids is 1. The van der Waals surface area contributed by atoms with Crippen molar-refractivity contribution in [1.82, 2.24) is 4.90 Å². The second-order valence-corrected chi connectivity index (χ2v) is 8.38. The highest BCUT2D eigenvalue weighted by Gasteiger charge is 2.17. The summed E-state index contributed by atoms with van der Waals surface area (Å²) < 4.78 is 28.0. The fourth-order valence-corrected chi connectivity index (χ4v) is 3.02. The average molecular weight is 375 g/mol. The summed E-state index contributed by atoms with van der Waals surface area (Å²) in [5.41, 5.74) is 1.57. The molecule has 0 saturated heterocycles. The SMILES string of the molecule is CCS(=O)(=O)Oc1ccc(CN(CC(C)C)C(=O)c2ccccc2)cc1. The summed E-state index contributed by atoms with van der Waals surface area (Å²) in [7, 11) is -3.54. The molecule has 5 nitrogen and oxygen atoms in total. The molecule has 0 N–H and O–H groups in total. The Hall–Kier alpha value is -2.34. The summed E-state index contributed by atoms with van der Waals surface area (Å²) in [5, 5.41) is 0. The summed E-state index contributed by atoms with van der Waals surface area (Å²) >= 11 is 0. The van der Waals surface area contributed by atoms with Gasteiger partial charge in [0.1, 0.15) is 5.75 Å². The lowest BCUT2D eigenvalue weighted by Crippen LogP contribution is -2.33. The average Bonchev–Trinajstić information content (AvgIpc) is 2.62. The molecule has 6 heteroatoms. The smallest absolute Gasteiger partial charge is 0.308 e. The third kappa shape index (κ3) is 5.88. The Bertz CT molecular complexity index is 815. The van der Waals surface area contributed by atoms with E-state index < -0.39 is 10.1 Å². The van der Waals surface area contributed by atoms with Crippen LogP contribution in [0, 0.1) is 5.92 Å². The zero-order chi connectivity index (χ0) is 19.2. The van der Waals surface area contributed by atoms with Crippen molar-refractivity contribution < 1.29 is 17.4 Å². The van der Waals surface area contributed by atoms with Crippen molar-refractivity contribution in [3.63, 3.8) is 0 Å². The number of amides is 1. The lowest BCUT2D eigenvalue weighted by Gasteiger charge is -2.25. The van der Waals surface area contributed by atoms with Crippen molar-refractivity contribution in [3.8, 4) is 5.75 Å². The zero-order valence-corrected chi connectivity index (χ0v) is 16.2. The normalized spacial score (nSPS) is 11.4. The van der Waals surface area contributed by atoms with Gasteiger partial charge in [0.15, 0.2) is 0 Å². The monoisotopic (exact) mass is 375 g/mol. The topological polar surface area (TPSA) is 63.7 Å². The number of hydrogen-bond donors (Lipinski definition) is 0. The van der Waals surface area contributed by atoms with E-state index in [-0.39, 0.29) is 17.4 Å². The van der Waals surface area contributed by atoms with Crippen molar-refractivity contribution in [2.24, 2.45) is 5.92 Å². The predicted molar refractivity (Wildman–Crippen MR) is 103 cm³/mol. The van der Waals surface area contributed by atoms with Crippen LogP contribution in [0.25, 0.3) is 0 Å². The number of nitrogens with zero attached hydrogens (tertiary/aromatic N) is 1. The van der Waals surface area contributed by atoms with Crippen molar-refractivity contribution >= 4 is 16.0 Å². The van der Waals surface area contributed by atoms with E-state index >= 15 is 0 Å². The van der Waals surface area contributed by atoms with Gasteiger partial charge in [-0.05, 0) is 42.7 Å². The summed E-state index contributed by atoms with van der Waals surface area (Å²) in [6.07, 6.45) is 0. The van der Waals surface area contributed by atoms with Gasteiger partial charge in [-0.2, -0.15) is 8.42 Å². The van der Waals surface area contributed by atoms with E-state index in [4.69, 9.17) is 4.18 Å². The fraction of sp³-hybridized carbons (Fsp3) is 0.350. The molecule has 0 unspecified atom stereocenters. The molecule has 0 aromatic heterocycles. The summed E-state index contributed by atoms with van der Waals surface area (Å²) in [5.74, 6) is 0.510. The van der Waals surface area contributed by atoms with Crippen LogP contribution in [0.2, 0.25) is 0 Å². The minimum Gasteiger partial charge on any atom is -0.382 e. The second kappa shape index (κ2) is 8.85. The summed E-state index contributed by atoms with van der Waals surface area (Å²) in [6, 6.07) is 16.0. The molecule has 0 fully saturated rings.